The molecule has 0 atom stereocenters. The summed E-state index contributed by atoms with van der Waals surface area (Å²) in [6, 6.07) is 5.55. The summed E-state index contributed by atoms with van der Waals surface area (Å²) in [5.41, 5.74) is 0.187. The van der Waals surface area contributed by atoms with Crippen molar-refractivity contribution in [3.05, 3.63) is 29.3 Å². The van der Waals surface area contributed by atoms with Gasteiger partial charge in [0, 0.05) is 0 Å². The Labute approximate surface area is 73.8 Å². The maximum absolute atomic E-state index is 10.7. The fraction of sp³-hybridized carbons (Fsp3) is 0. The van der Waals surface area contributed by atoms with E-state index >= 15 is 0 Å². The minimum Gasteiger partial charge on any atom is -0.508 e. The molecule has 0 aliphatic carbocycles. The maximum atomic E-state index is 10.7. The van der Waals surface area contributed by atoms with Crippen molar-refractivity contribution in [3.63, 3.8) is 0 Å². The molecule has 0 saturated carbocycles. The lowest BCUT2D eigenvalue weighted by Gasteiger charge is -1.97. The van der Waals surface area contributed by atoms with Gasteiger partial charge in [0.1, 0.15) is 11.8 Å². The van der Waals surface area contributed by atoms with Gasteiger partial charge in [-0.2, -0.15) is 5.26 Å². The van der Waals surface area contributed by atoms with Crippen LogP contribution in [0.3, 0.4) is 0 Å². The summed E-state index contributed by atoms with van der Waals surface area (Å²) in [4.78, 5) is 10.7. The van der Waals surface area contributed by atoms with E-state index in [0.717, 1.165) is 0 Å². The quantitative estimate of drug-likeness (QED) is 0.670. The predicted molar refractivity (Wildman–Crippen MR) is 43.0 cm³/mol. The van der Waals surface area contributed by atoms with Crippen LogP contribution in [0.4, 0.5) is 0 Å². The lowest BCUT2D eigenvalue weighted by molar-refractivity contribution is 0.108. The van der Waals surface area contributed by atoms with Crippen LogP contribution in [0.1, 0.15) is 15.9 Å². The van der Waals surface area contributed by atoms with Crippen LogP contribution in [0.5, 0.6) is 5.75 Å². The first-order valence-corrected chi connectivity index (χ1v) is 3.46. The van der Waals surface area contributed by atoms with Crippen molar-refractivity contribution < 1.29 is 9.90 Å². The molecule has 0 aliphatic rings. The summed E-state index contributed by atoms with van der Waals surface area (Å²) < 4.78 is 0. The third kappa shape index (κ3) is 1.55. The predicted octanol–water partition coefficient (Wildman–Crippen LogP) is 1.64. The average molecular weight is 182 g/mol. The Kier molecular flexibility index (Phi) is 2.32. The summed E-state index contributed by atoms with van der Waals surface area (Å²) in [5.74, 6) is -0.0618. The average Bonchev–Trinajstić information content (AvgIpc) is 2.03. The van der Waals surface area contributed by atoms with Crippen LogP contribution >= 0.6 is 11.6 Å². The number of nitriles is 1. The highest BCUT2D eigenvalue weighted by atomic mass is 35.5. The van der Waals surface area contributed by atoms with E-state index in [1.54, 1.807) is 6.07 Å². The van der Waals surface area contributed by atoms with E-state index in [1.165, 1.54) is 18.2 Å². The molecule has 12 heavy (non-hydrogen) atoms. The number of rotatable bonds is 1. The second-order valence-corrected chi connectivity index (χ2v) is 2.46. The molecule has 1 aromatic carbocycles. The van der Waals surface area contributed by atoms with Crippen molar-refractivity contribution in [1.29, 1.82) is 5.26 Å². The molecule has 3 nitrogen and oxygen atoms in total. The summed E-state index contributed by atoms with van der Waals surface area (Å²) in [7, 11) is 0. The van der Waals surface area contributed by atoms with E-state index in [4.69, 9.17) is 22.0 Å². The molecule has 0 unspecified atom stereocenters. The van der Waals surface area contributed by atoms with Crippen molar-refractivity contribution in [2.24, 2.45) is 0 Å². The second-order valence-electron chi connectivity index (χ2n) is 2.12. The number of hydrogen-bond donors (Lipinski definition) is 1. The standard InChI is InChI=1S/C8H4ClNO2/c9-8(12)7-2-1-6(11)3-5(7)4-10/h1-3,11H. The van der Waals surface area contributed by atoms with Crippen molar-refractivity contribution in [3.8, 4) is 11.8 Å². The first-order valence-electron chi connectivity index (χ1n) is 3.08. The Morgan fingerprint density at radius 3 is 2.75 bits per heavy atom. The molecule has 0 fully saturated rings. The Hall–Kier alpha value is -1.53. The molecule has 60 valence electrons. The van der Waals surface area contributed by atoms with Gasteiger partial charge >= 0.3 is 0 Å². The van der Waals surface area contributed by atoms with Crippen LogP contribution in [-0.4, -0.2) is 10.3 Å². The molecule has 4 heteroatoms. The first-order chi connectivity index (χ1) is 5.65. The molecular formula is C8H4ClNO2. The number of hydrogen-bond acceptors (Lipinski definition) is 3. The SMILES string of the molecule is N#Cc1cc(O)ccc1C(=O)Cl. The van der Waals surface area contributed by atoms with E-state index in [0.29, 0.717) is 0 Å². The Morgan fingerprint density at radius 2 is 2.25 bits per heavy atom. The van der Waals surface area contributed by atoms with Crippen LogP contribution in [0, 0.1) is 11.3 Å². The van der Waals surface area contributed by atoms with Crippen LogP contribution in [0.2, 0.25) is 0 Å². The molecule has 1 N–H and O–H groups in total. The molecule has 0 heterocycles. The third-order valence-corrected chi connectivity index (χ3v) is 1.54. The minimum absolute atomic E-state index is 0.0618. The van der Waals surface area contributed by atoms with Gasteiger partial charge in [-0.3, -0.25) is 4.79 Å². The molecule has 1 aromatic rings. The summed E-state index contributed by atoms with van der Waals surface area (Å²) in [6.07, 6.45) is 0. The smallest absolute Gasteiger partial charge is 0.253 e. The van der Waals surface area contributed by atoms with Gasteiger partial charge in [-0.05, 0) is 29.8 Å². The summed E-state index contributed by atoms with van der Waals surface area (Å²) >= 11 is 5.17. The maximum Gasteiger partial charge on any atom is 0.253 e. The molecule has 0 spiro atoms. The minimum atomic E-state index is -0.702. The van der Waals surface area contributed by atoms with Crippen LogP contribution in [-0.2, 0) is 0 Å². The largest absolute Gasteiger partial charge is 0.508 e. The van der Waals surface area contributed by atoms with Crippen LogP contribution < -0.4 is 0 Å². The molecule has 0 bridgehead atoms. The topological polar surface area (TPSA) is 61.1 Å². The molecular weight excluding hydrogens is 178 g/mol. The van der Waals surface area contributed by atoms with Crippen LogP contribution in [0.15, 0.2) is 18.2 Å². The van der Waals surface area contributed by atoms with Gasteiger partial charge in [-0.25, -0.2) is 0 Å². The summed E-state index contributed by atoms with van der Waals surface area (Å²) in [6.45, 7) is 0. The molecule has 0 aromatic heterocycles. The van der Waals surface area contributed by atoms with E-state index in [9.17, 15) is 4.79 Å². The van der Waals surface area contributed by atoms with Gasteiger partial charge in [-0.15, -0.1) is 0 Å². The van der Waals surface area contributed by atoms with Crippen molar-refractivity contribution in [2.75, 3.05) is 0 Å². The van der Waals surface area contributed by atoms with Crippen molar-refractivity contribution in [2.45, 2.75) is 0 Å². The van der Waals surface area contributed by atoms with E-state index in [-0.39, 0.29) is 16.9 Å². The number of phenols is 1. The first kappa shape index (κ1) is 8.57. The molecule has 1 rings (SSSR count). The number of halogens is 1. The number of phenolic OH excluding ortho intramolecular Hbond substituents is 1. The summed E-state index contributed by atoms with van der Waals surface area (Å²) in [5, 5.41) is 16.8. The van der Waals surface area contributed by atoms with E-state index in [2.05, 4.69) is 0 Å². The van der Waals surface area contributed by atoms with Crippen LogP contribution in [0.25, 0.3) is 0 Å². The van der Waals surface area contributed by atoms with Crippen molar-refractivity contribution in [1.82, 2.24) is 0 Å². The fourth-order valence-corrected chi connectivity index (χ4v) is 0.961. The third-order valence-electron chi connectivity index (χ3n) is 1.34. The molecule has 0 aliphatic heterocycles. The zero-order valence-electron chi connectivity index (χ0n) is 5.91. The highest BCUT2D eigenvalue weighted by molar-refractivity contribution is 6.68. The Balaban J connectivity index is 3.32. The highest BCUT2D eigenvalue weighted by Gasteiger charge is 2.08. The molecule has 0 saturated heterocycles. The number of benzene rings is 1. The Bertz CT molecular complexity index is 368. The van der Waals surface area contributed by atoms with E-state index in [1.807, 2.05) is 0 Å². The van der Waals surface area contributed by atoms with E-state index < -0.39 is 5.24 Å². The highest BCUT2D eigenvalue weighted by Crippen LogP contribution is 2.17. The van der Waals surface area contributed by atoms with Gasteiger partial charge < -0.3 is 5.11 Å². The normalized spacial score (nSPS) is 9.00. The number of aromatic hydroxyl groups is 1. The monoisotopic (exact) mass is 181 g/mol. The zero-order valence-corrected chi connectivity index (χ0v) is 6.67. The number of nitrogens with zero attached hydrogens (tertiary/aromatic N) is 1. The van der Waals surface area contributed by atoms with Gasteiger partial charge in [-0.1, -0.05) is 0 Å². The van der Waals surface area contributed by atoms with Gasteiger partial charge in [0.2, 0.25) is 0 Å². The lowest BCUT2D eigenvalue weighted by Crippen LogP contribution is -1.92. The zero-order chi connectivity index (χ0) is 9.14. The second kappa shape index (κ2) is 3.24. The fourth-order valence-electron chi connectivity index (χ4n) is 0.796. The number of carbonyl (C=O) groups excluding carboxylic acids is 1. The molecule has 0 radical (unpaired) electrons. The van der Waals surface area contributed by atoms with Gasteiger partial charge in [0.25, 0.3) is 5.24 Å². The van der Waals surface area contributed by atoms with Gasteiger partial charge in [0.15, 0.2) is 0 Å². The lowest BCUT2D eigenvalue weighted by atomic mass is 10.1. The Morgan fingerprint density at radius 1 is 1.58 bits per heavy atom. The van der Waals surface area contributed by atoms with Crippen molar-refractivity contribution >= 4 is 16.8 Å². The number of carbonyl (C=O) groups is 1. The molecule has 0 amide bonds. The van der Waals surface area contributed by atoms with Gasteiger partial charge in [0.05, 0.1) is 11.1 Å².